The molecule has 11 rings (SSSR count). The summed E-state index contributed by atoms with van der Waals surface area (Å²) in [5.41, 5.74) is 16.1. The molecule has 1 aliphatic rings. The molecule has 2 heterocycles. The number of nitrogens with zero attached hydrogens (tertiary/aromatic N) is 2. The van der Waals surface area contributed by atoms with Gasteiger partial charge in [-0.2, -0.15) is 0 Å². The number of furan rings is 1. The van der Waals surface area contributed by atoms with Gasteiger partial charge < -0.3 is 4.42 Å². The van der Waals surface area contributed by atoms with Crippen molar-refractivity contribution in [2.24, 2.45) is 0 Å². The Labute approximate surface area is 325 Å². The fourth-order valence-electron chi connectivity index (χ4n) is 8.78. The minimum atomic E-state index is -0.0749. The average Bonchev–Trinajstić information content (AvgIpc) is 3.75. The van der Waals surface area contributed by atoms with Crippen molar-refractivity contribution >= 4 is 32.7 Å². The summed E-state index contributed by atoms with van der Waals surface area (Å²) in [6.07, 6.45) is 0. The predicted octanol–water partition coefficient (Wildman–Crippen LogP) is 14.2. The van der Waals surface area contributed by atoms with E-state index in [0.717, 1.165) is 77.7 Å². The predicted molar refractivity (Wildman–Crippen MR) is 232 cm³/mol. The third kappa shape index (κ3) is 5.20. The van der Waals surface area contributed by atoms with Crippen molar-refractivity contribution in [1.82, 2.24) is 9.97 Å². The smallest absolute Gasteiger partial charge is 0.160 e. The molecule has 0 aliphatic heterocycles. The van der Waals surface area contributed by atoms with Gasteiger partial charge in [-0.15, -0.1) is 0 Å². The van der Waals surface area contributed by atoms with Crippen LogP contribution in [0.4, 0.5) is 0 Å². The molecule has 0 fully saturated rings. The highest BCUT2D eigenvalue weighted by molar-refractivity contribution is 6.10. The van der Waals surface area contributed by atoms with Gasteiger partial charge >= 0.3 is 0 Å². The van der Waals surface area contributed by atoms with E-state index >= 15 is 0 Å². The fraction of sp³-hybridized carbons (Fsp3) is 0.0566. The number of rotatable bonds is 5. The molecule has 0 spiro atoms. The second-order valence-corrected chi connectivity index (χ2v) is 15.4. The Bertz CT molecular complexity index is 3170. The summed E-state index contributed by atoms with van der Waals surface area (Å²) in [6, 6.07) is 64.8. The van der Waals surface area contributed by atoms with Crippen molar-refractivity contribution in [3.05, 3.63) is 193 Å². The minimum Gasteiger partial charge on any atom is -0.455 e. The molecule has 3 heteroatoms. The normalized spacial score (nSPS) is 13.0. The molecule has 10 aromatic rings. The van der Waals surface area contributed by atoms with Gasteiger partial charge in [0, 0.05) is 38.4 Å². The quantitative estimate of drug-likeness (QED) is 0.178. The molecule has 56 heavy (non-hydrogen) atoms. The van der Waals surface area contributed by atoms with E-state index in [1.54, 1.807) is 0 Å². The number of para-hydroxylation sites is 2. The van der Waals surface area contributed by atoms with Gasteiger partial charge in [0.2, 0.25) is 0 Å². The Morgan fingerprint density at radius 2 is 1.05 bits per heavy atom. The van der Waals surface area contributed by atoms with Crippen LogP contribution < -0.4 is 0 Å². The summed E-state index contributed by atoms with van der Waals surface area (Å²) in [5.74, 6) is 0.690. The van der Waals surface area contributed by atoms with Crippen LogP contribution in [0.25, 0.3) is 100.0 Å². The Kier molecular flexibility index (Phi) is 7.20. The molecule has 8 aromatic carbocycles. The fourth-order valence-corrected chi connectivity index (χ4v) is 8.78. The van der Waals surface area contributed by atoms with Gasteiger partial charge in [-0.25, -0.2) is 9.97 Å². The molecule has 0 saturated carbocycles. The number of benzene rings is 8. The molecule has 1 aliphatic carbocycles. The number of aromatic nitrogens is 2. The molecule has 0 amide bonds. The molecule has 0 saturated heterocycles. The molecule has 3 nitrogen and oxygen atoms in total. The van der Waals surface area contributed by atoms with Crippen molar-refractivity contribution in [2.75, 3.05) is 0 Å². The van der Waals surface area contributed by atoms with E-state index < -0.39 is 0 Å². The highest BCUT2D eigenvalue weighted by Gasteiger charge is 2.35. The summed E-state index contributed by atoms with van der Waals surface area (Å²) in [4.78, 5) is 10.7. The van der Waals surface area contributed by atoms with Crippen LogP contribution in [0.3, 0.4) is 0 Å². The van der Waals surface area contributed by atoms with Crippen LogP contribution in [0.2, 0.25) is 0 Å². The van der Waals surface area contributed by atoms with Crippen molar-refractivity contribution in [2.45, 2.75) is 19.3 Å². The Morgan fingerprint density at radius 1 is 0.393 bits per heavy atom. The van der Waals surface area contributed by atoms with Gasteiger partial charge in [-0.1, -0.05) is 153 Å². The largest absolute Gasteiger partial charge is 0.455 e. The van der Waals surface area contributed by atoms with Crippen LogP contribution in [0.15, 0.2) is 186 Å². The molecule has 0 N–H and O–H groups in total. The zero-order valence-electron chi connectivity index (χ0n) is 31.1. The highest BCUT2D eigenvalue weighted by Crippen LogP contribution is 2.49. The van der Waals surface area contributed by atoms with E-state index in [0.29, 0.717) is 5.82 Å². The van der Waals surface area contributed by atoms with E-state index in [2.05, 4.69) is 184 Å². The standard InChI is InChI=1S/C53H36N2O/c1-53(2)46-21-10-8-17-42(46)45-31-36(25-26-47(45)53)48-32-49(55-52(54-48)37-24-23-34-15-6-7-16-35(34)27-37)40-29-38(33-13-4-3-5-14-33)28-39(30-40)41-19-12-20-44-43-18-9-11-22-50(43)56-51(41)44/h3-32H,1-2H3. The topological polar surface area (TPSA) is 38.9 Å². The van der Waals surface area contributed by atoms with Crippen LogP contribution in [-0.4, -0.2) is 9.97 Å². The highest BCUT2D eigenvalue weighted by atomic mass is 16.3. The number of hydrogen-bond acceptors (Lipinski definition) is 3. The maximum Gasteiger partial charge on any atom is 0.160 e. The van der Waals surface area contributed by atoms with Gasteiger partial charge in [0.15, 0.2) is 5.82 Å². The molecule has 0 radical (unpaired) electrons. The first-order chi connectivity index (χ1) is 27.5. The molecule has 0 bridgehead atoms. The van der Waals surface area contributed by atoms with Crippen LogP contribution in [0.1, 0.15) is 25.0 Å². The summed E-state index contributed by atoms with van der Waals surface area (Å²) >= 11 is 0. The SMILES string of the molecule is CC1(C)c2ccccc2-c2cc(-c3cc(-c4cc(-c5ccccc5)cc(-c5cccc6c5oc5ccccc56)c4)nc(-c4ccc5ccccc5c4)n3)ccc21. The number of fused-ring (bicyclic) bond motifs is 7. The van der Waals surface area contributed by atoms with Gasteiger partial charge in [-0.05, 0) is 92.2 Å². The third-order valence-electron chi connectivity index (χ3n) is 11.7. The van der Waals surface area contributed by atoms with Gasteiger partial charge in [0.1, 0.15) is 11.2 Å². The molecule has 264 valence electrons. The zero-order chi connectivity index (χ0) is 37.4. The van der Waals surface area contributed by atoms with Crippen LogP contribution in [0.5, 0.6) is 0 Å². The Hall–Kier alpha value is -7.10. The summed E-state index contributed by atoms with van der Waals surface area (Å²) in [6.45, 7) is 4.64. The molecular weight excluding hydrogens is 681 g/mol. The van der Waals surface area contributed by atoms with E-state index in [9.17, 15) is 0 Å². The molecule has 2 aromatic heterocycles. The first-order valence-corrected chi connectivity index (χ1v) is 19.2. The van der Waals surface area contributed by atoms with Crippen molar-refractivity contribution < 1.29 is 4.42 Å². The molecular formula is C53H36N2O. The summed E-state index contributed by atoms with van der Waals surface area (Å²) < 4.78 is 6.57. The lowest BCUT2D eigenvalue weighted by Gasteiger charge is -2.21. The summed E-state index contributed by atoms with van der Waals surface area (Å²) in [7, 11) is 0. The monoisotopic (exact) mass is 716 g/mol. The third-order valence-corrected chi connectivity index (χ3v) is 11.7. The van der Waals surface area contributed by atoms with Crippen molar-refractivity contribution in [1.29, 1.82) is 0 Å². The second-order valence-electron chi connectivity index (χ2n) is 15.4. The summed E-state index contributed by atoms with van der Waals surface area (Å²) in [5, 5.41) is 4.57. The lowest BCUT2D eigenvalue weighted by Crippen LogP contribution is -2.14. The zero-order valence-corrected chi connectivity index (χ0v) is 31.1. The van der Waals surface area contributed by atoms with Crippen LogP contribution in [-0.2, 0) is 5.41 Å². The van der Waals surface area contributed by atoms with Crippen LogP contribution >= 0.6 is 0 Å². The van der Waals surface area contributed by atoms with Crippen molar-refractivity contribution in [3.63, 3.8) is 0 Å². The first kappa shape index (κ1) is 32.3. The number of hydrogen-bond donors (Lipinski definition) is 0. The molecule has 0 unspecified atom stereocenters. The molecule has 0 atom stereocenters. The van der Waals surface area contributed by atoms with Gasteiger partial charge in [0.25, 0.3) is 0 Å². The maximum absolute atomic E-state index is 6.57. The van der Waals surface area contributed by atoms with E-state index in [-0.39, 0.29) is 5.41 Å². The average molecular weight is 717 g/mol. The van der Waals surface area contributed by atoms with E-state index in [1.165, 1.54) is 27.6 Å². The second kappa shape index (κ2) is 12.5. The maximum atomic E-state index is 6.57. The Balaban J connectivity index is 1.15. The lowest BCUT2D eigenvalue weighted by atomic mass is 9.82. The lowest BCUT2D eigenvalue weighted by molar-refractivity contribution is 0.660. The van der Waals surface area contributed by atoms with Gasteiger partial charge in [0.05, 0.1) is 11.4 Å². The Morgan fingerprint density at radius 3 is 1.95 bits per heavy atom. The van der Waals surface area contributed by atoms with E-state index in [4.69, 9.17) is 14.4 Å². The van der Waals surface area contributed by atoms with Gasteiger partial charge in [-0.3, -0.25) is 0 Å². The van der Waals surface area contributed by atoms with Crippen LogP contribution in [0, 0.1) is 0 Å². The van der Waals surface area contributed by atoms with Crippen molar-refractivity contribution in [3.8, 4) is 67.3 Å². The first-order valence-electron chi connectivity index (χ1n) is 19.2. The van der Waals surface area contributed by atoms with E-state index in [1.807, 2.05) is 12.1 Å². The minimum absolute atomic E-state index is 0.0749.